The Morgan fingerprint density at radius 2 is 1.91 bits per heavy atom. The third kappa shape index (κ3) is 2.54. The van der Waals surface area contributed by atoms with Gasteiger partial charge in [-0.3, -0.25) is 0 Å². The van der Waals surface area contributed by atoms with Crippen molar-refractivity contribution in [3.63, 3.8) is 0 Å². The molecule has 0 spiro atoms. The molecular weight excluding hydrogens is 140 g/mol. The second-order valence-electron chi connectivity index (χ2n) is 3.18. The Hall–Kier alpha value is -0.500. The molecule has 2 nitrogen and oxygen atoms in total. The molecule has 0 aromatic rings. The van der Waals surface area contributed by atoms with Crippen molar-refractivity contribution in [1.82, 2.24) is 0 Å². The maximum absolute atomic E-state index is 5.57. The van der Waals surface area contributed by atoms with Gasteiger partial charge >= 0.3 is 0 Å². The van der Waals surface area contributed by atoms with Gasteiger partial charge in [0, 0.05) is 0 Å². The van der Waals surface area contributed by atoms with E-state index in [0.717, 1.165) is 12.8 Å². The van der Waals surface area contributed by atoms with Crippen LogP contribution in [0.15, 0.2) is 11.8 Å². The standard InChI is InChI=1S/C9H16O2/c1-7-4-9(6-10-3)5-8(2)11-7/h6-8H,4-5H2,1-3H3/b9-6-/t7-,8+/m1/s1. The first-order valence-corrected chi connectivity index (χ1v) is 4.08. The van der Waals surface area contributed by atoms with Crippen molar-refractivity contribution in [1.29, 1.82) is 0 Å². The molecule has 1 heterocycles. The summed E-state index contributed by atoms with van der Waals surface area (Å²) in [6, 6.07) is 0. The summed E-state index contributed by atoms with van der Waals surface area (Å²) >= 11 is 0. The zero-order valence-electron chi connectivity index (χ0n) is 7.46. The van der Waals surface area contributed by atoms with Crippen LogP contribution in [0.4, 0.5) is 0 Å². The molecule has 0 radical (unpaired) electrons. The van der Waals surface area contributed by atoms with E-state index in [0.29, 0.717) is 12.2 Å². The largest absolute Gasteiger partial charge is 0.504 e. The average Bonchev–Trinajstić information content (AvgIpc) is 1.85. The Bertz CT molecular complexity index is 140. The van der Waals surface area contributed by atoms with Gasteiger partial charge in [0.15, 0.2) is 0 Å². The maximum atomic E-state index is 5.57. The molecule has 0 N–H and O–H groups in total. The minimum atomic E-state index is 0.347. The highest BCUT2D eigenvalue weighted by molar-refractivity contribution is 5.03. The van der Waals surface area contributed by atoms with E-state index in [2.05, 4.69) is 13.8 Å². The number of hydrogen-bond acceptors (Lipinski definition) is 2. The van der Waals surface area contributed by atoms with E-state index in [1.54, 1.807) is 7.11 Å². The summed E-state index contributed by atoms with van der Waals surface area (Å²) in [5, 5.41) is 0. The summed E-state index contributed by atoms with van der Waals surface area (Å²) in [4.78, 5) is 0. The van der Waals surface area contributed by atoms with E-state index in [9.17, 15) is 0 Å². The van der Waals surface area contributed by atoms with E-state index in [4.69, 9.17) is 9.47 Å². The first-order valence-electron chi connectivity index (χ1n) is 4.08. The second kappa shape index (κ2) is 3.77. The molecule has 0 bridgehead atoms. The number of methoxy groups -OCH3 is 1. The number of rotatable bonds is 1. The lowest BCUT2D eigenvalue weighted by molar-refractivity contribution is -0.0115. The molecule has 2 atom stereocenters. The van der Waals surface area contributed by atoms with Crippen molar-refractivity contribution in [2.24, 2.45) is 0 Å². The van der Waals surface area contributed by atoms with Crippen molar-refractivity contribution < 1.29 is 9.47 Å². The topological polar surface area (TPSA) is 18.5 Å². The molecule has 0 aromatic heterocycles. The molecule has 2 heteroatoms. The van der Waals surface area contributed by atoms with Gasteiger partial charge in [-0.05, 0) is 32.3 Å². The van der Waals surface area contributed by atoms with Gasteiger partial charge in [0.05, 0.1) is 25.6 Å². The maximum Gasteiger partial charge on any atom is 0.0818 e. The Balaban J connectivity index is 2.49. The normalized spacial score (nSPS) is 35.7. The molecule has 1 saturated heterocycles. The lowest BCUT2D eigenvalue weighted by atomic mass is 10.0. The van der Waals surface area contributed by atoms with Crippen molar-refractivity contribution >= 4 is 0 Å². The molecule has 0 amide bonds. The summed E-state index contributed by atoms with van der Waals surface area (Å²) in [7, 11) is 1.69. The fourth-order valence-corrected chi connectivity index (χ4v) is 1.58. The van der Waals surface area contributed by atoms with Crippen molar-refractivity contribution in [2.45, 2.75) is 38.9 Å². The van der Waals surface area contributed by atoms with Gasteiger partial charge in [-0.1, -0.05) is 0 Å². The summed E-state index contributed by atoms with van der Waals surface area (Å²) in [5.74, 6) is 0. The first-order chi connectivity index (χ1) is 5.22. The quantitative estimate of drug-likeness (QED) is 0.541. The molecule has 1 rings (SSSR count). The molecular formula is C9H16O2. The Kier molecular flexibility index (Phi) is 2.94. The average molecular weight is 156 g/mol. The minimum absolute atomic E-state index is 0.347. The predicted octanol–water partition coefficient (Wildman–Crippen LogP) is 2.10. The lowest BCUT2D eigenvalue weighted by Gasteiger charge is -2.26. The molecule has 0 unspecified atom stereocenters. The van der Waals surface area contributed by atoms with E-state index < -0.39 is 0 Å². The summed E-state index contributed by atoms with van der Waals surface area (Å²) in [5.41, 5.74) is 1.36. The zero-order valence-corrected chi connectivity index (χ0v) is 7.46. The second-order valence-corrected chi connectivity index (χ2v) is 3.18. The van der Waals surface area contributed by atoms with E-state index in [1.165, 1.54) is 5.57 Å². The molecule has 0 aromatic carbocycles. The van der Waals surface area contributed by atoms with Crippen LogP contribution in [0.1, 0.15) is 26.7 Å². The van der Waals surface area contributed by atoms with E-state index in [-0.39, 0.29) is 0 Å². The van der Waals surface area contributed by atoms with Gasteiger partial charge in [-0.2, -0.15) is 0 Å². The highest BCUT2D eigenvalue weighted by Crippen LogP contribution is 2.23. The predicted molar refractivity (Wildman–Crippen MR) is 44.3 cm³/mol. The van der Waals surface area contributed by atoms with Crippen LogP contribution in [0.3, 0.4) is 0 Å². The smallest absolute Gasteiger partial charge is 0.0818 e. The molecule has 11 heavy (non-hydrogen) atoms. The van der Waals surface area contributed by atoms with Crippen molar-refractivity contribution in [2.75, 3.05) is 7.11 Å². The molecule has 1 aliphatic rings. The molecule has 0 saturated carbocycles. The Morgan fingerprint density at radius 3 is 2.36 bits per heavy atom. The lowest BCUT2D eigenvalue weighted by Crippen LogP contribution is -2.24. The monoisotopic (exact) mass is 156 g/mol. The Morgan fingerprint density at radius 1 is 1.36 bits per heavy atom. The van der Waals surface area contributed by atoms with Gasteiger partial charge in [0.25, 0.3) is 0 Å². The zero-order chi connectivity index (χ0) is 8.27. The van der Waals surface area contributed by atoms with E-state index >= 15 is 0 Å². The van der Waals surface area contributed by atoms with Crippen LogP contribution in [0.25, 0.3) is 0 Å². The number of hydrogen-bond donors (Lipinski definition) is 0. The Labute approximate surface area is 68.2 Å². The van der Waals surface area contributed by atoms with Crippen LogP contribution < -0.4 is 0 Å². The fourth-order valence-electron chi connectivity index (χ4n) is 1.58. The SMILES string of the molecule is CO/C=C1/C[C@@H](C)O[C@@H](C)C1. The van der Waals surface area contributed by atoms with Crippen molar-refractivity contribution in [3.05, 3.63) is 11.8 Å². The third-order valence-corrected chi connectivity index (χ3v) is 1.85. The molecule has 1 aliphatic heterocycles. The van der Waals surface area contributed by atoms with Gasteiger partial charge in [-0.15, -0.1) is 0 Å². The molecule has 1 fully saturated rings. The van der Waals surface area contributed by atoms with E-state index in [1.807, 2.05) is 6.26 Å². The van der Waals surface area contributed by atoms with Gasteiger partial charge in [-0.25, -0.2) is 0 Å². The van der Waals surface area contributed by atoms with Crippen LogP contribution in [0, 0.1) is 0 Å². The minimum Gasteiger partial charge on any atom is -0.504 e. The fraction of sp³-hybridized carbons (Fsp3) is 0.778. The van der Waals surface area contributed by atoms with Crippen molar-refractivity contribution in [3.8, 4) is 0 Å². The van der Waals surface area contributed by atoms with Gasteiger partial charge in [0.1, 0.15) is 0 Å². The van der Waals surface area contributed by atoms with Crippen LogP contribution in [-0.2, 0) is 9.47 Å². The molecule has 0 aliphatic carbocycles. The first kappa shape index (κ1) is 8.60. The van der Waals surface area contributed by atoms with Gasteiger partial charge < -0.3 is 9.47 Å². The third-order valence-electron chi connectivity index (χ3n) is 1.85. The van der Waals surface area contributed by atoms with Gasteiger partial charge in [0.2, 0.25) is 0 Å². The van der Waals surface area contributed by atoms with Crippen LogP contribution in [0.2, 0.25) is 0 Å². The summed E-state index contributed by atoms with van der Waals surface area (Å²) in [6.07, 6.45) is 4.56. The summed E-state index contributed by atoms with van der Waals surface area (Å²) in [6.45, 7) is 4.19. The van der Waals surface area contributed by atoms with Crippen LogP contribution >= 0.6 is 0 Å². The highest BCUT2D eigenvalue weighted by Gasteiger charge is 2.18. The molecule has 64 valence electrons. The summed E-state index contributed by atoms with van der Waals surface area (Å²) < 4.78 is 10.5. The number of ether oxygens (including phenoxy) is 2. The van der Waals surface area contributed by atoms with Crippen LogP contribution in [0.5, 0.6) is 0 Å². The van der Waals surface area contributed by atoms with Crippen LogP contribution in [-0.4, -0.2) is 19.3 Å². The highest BCUT2D eigenvalue weighted by atomic mass is 16.5.